The number of rotatable bonds is 6. The molecule has 0 aliphatic carbocycles. The van der Waals surface area contributed by atoms with Crippen LogP contribution in [0.5, 0.6) is 5.75 Å². The normalized spacial score (nSPS) is 10.8. The number of halogens is 1. The number of likely N-dealkylation sites (N-methyl/N-ethyl adjacent to an activating group) is 1. The summed E-state index contributed by atoms with van der Waals surface area (Å²) < 4.78 is 18.4. The molecule has 1 heterocycles. The largest absolute Gasteiger partial charge is 0.496 e. The van der Waals surface area contributed by atoms with E-state index >= 15 is 0 Å². The molecule has 0 aliphatic heterocycles. The molecule has 2 rings (SSSR count). The third-order valence-corrected chi connectivity index (χ3v) is 3.74. The number of hydrogen-bond donors (Lipinski definition) is 0. The first-order valence-corrected chi connectivity index (χ1v) is 7.06. The highest BCUT2D eigenvalue weighted by Crippen LogP contribution is 2.20. The number of thiophene rings is 1. The molecule has 2 aromatic rings. The number of methoxy groups -OCH3 is 1. The topological polar surface area (TPSA) is 29.5 Å². The van der Waals surface area contributed by atoms with Crippen LogP contribution in [0.3, 0.4) is 0 Å². The second kappa shape index (κ2) is 6.63. The van der Waals surface area contributed by atoms with E-state index in [9.17, 15) is 9.18 Å². The van der Waals surface area contributed by atoms with Crippen molar-refractivity contribution in [2.75, 3.05) is 20.7 Å². The molecule has 3 nitrogen and oxygen atoms in total. The van der Waals surface area contributed by atoms with E-state index in [1.54, 1.807) is 11.3 Å². The van der Waals surface area contributed by atoms with Crippen molar-refractivity contribution in [1.82, 2.24) is 4.90 Å². The van der Waals surface area contributed by atoms with Gasteiger partial charge in [-0.15, -0.1) is 11.3 Å². The molecule has 0 amide bonds. The van der Waals surface area contributed by atoms with Gasteiger partial charge in [-0.3, -0.25) is 9.69 Å². The van der Waals surface area contributed by atoms with Crippen LogP contribution in [-0.4, -0.2) is 31.4 Å². The zero-order chi connectivity index (χ0) is 14.5. The van der Waals surface area contributed by atoms with Crippen LogP contribution >= 0.6 is 11.3 Å². The monoisotopic (exact) mass is 293 g/mol. The SMILES string of the molecule is COc1ccc(F)cc1C(=O)CN(C)Cc1cccs1. The minimum Gasteiger partial charge on any atom is -0.496 e. The van der Waals surface area contributed by atoms with Crippen molar-refractivity contribution < 1.29 is 13.9 Å². The standard InChI is InChI=1S/C15H16FNO2S/c1-17(9-12-4-3-7-20-12)10-14(18)13-8-11(16)5-6-15(13)19-2/h3-8H,9-10H2,1-2H3. The molecule has 0 atom stereocenters. The van der Waals surface area contributed by atoms with Gasteiger partial charge in [-0.05, 0) is 36.7 Å². The summed E-state index contributed by atoms with van der Waals surface area (Å²) in [5.41, 5.74) is 0.283. The highest BCUT2D eigenvalue weighted by atomic mass is 32.1. The van der Waals surface area contributed by atoms with Crippen molar-refractivity contribution in [3.63, 3.8) is 0 Å². The van der Waals surface area contributed by atoms with E-state index in [1.807, 2.05) is 29.5 Å². The molecule has 0 aliphatic rings. The van der Waals surface area contributed by atoms with Crippen molar-refractivity contribution in [3.05, 3.63) is 52.0 Å². The molecule has 0 bridgehead atoms. The maximum Gasteiger partial charge on any atom is 0.180 e. The molecule has 1 aromatic carbocycles. The Kier molecular flexibility index (Phi) is 4.87. The summed E-state index contributed by atoms with van der Waals surface area (Å²) in [7, 11) is 3.34. The summed E-state index contributed by atoms with van der Waals surface area (Å²) in [5.74, 6) is -0.184. The lowest BCUT2D eigenvalue weighted by molar-refractivity contribution is 0.0940. The van der Waals surface area contributed by atoms with Gasteiger partial charge in [0.25, 0.3) is 0 Å². The molecule has 20 heavy (non-hydrogen) atoms. The molecule has 0 radical (unpaired) electrons. The lowest BCUT2D eigenvalue weighted by Gasteiger charge is -2.15. The Morgan fingerprint density at radius 3 is 2.85 bits per heavy atom. The van der Waals surface area contributed by atoms with Crippen LogP contribution in [0.15, 0.2) is 35.7 Å². The summed E-state index contributed by atoms with van der Waals surface area (Å²) in [6.45, 7) is 0.915. The predicted molar refractivity (Wildman–Crippen MR) is 77.9 cm³/mol. The van der Waals surface area contributed by atoms with E-state index in [-0.39, 0.29) is 17.9 Å². The fraction of sp³-hybridized carbons (Fsp3) is 0.267. The zero-order valence-electron chi connectivity index (χ0n) is 11.4. The highest BCUT2D eigenvalue weighted by molar-refractivity contribution is 7.09. The molecule has 0 spiro atoms. The van der Waals surface area contributed by atoms with Crippen LogP contribution < -0.4 is 4.74 Å². The van der Waals surface area contributed by atoms with Crippen LogP contribution in [0.4, 0.5) is 4.39 Å². The smallest absolute Gasteiger partial charge is 0.180 e. The summed E-state index contributed by atoms with van der Waals surface area (Å²) in [4.78, 5) is 15.3. The second-order valence-corrected chi connectivity index (χ2v) is 5.55. The Hall–Kier alpha value is -1.72. The minimum absolute atomic E-state index is 0.152. The van der Waals surface area contributed by atoms with Crippen molar-refractivity contribution in [2.24, 2.45) is 0 Å². The van der Waals surface area contributed by atoms with Gasteiger partial charge in [-0.1, -0.05) is 6.07 Å². The van der Waals surface area contributed by atoms with Crippen molar-refractivity contribution in [3.8, 4) is 5.75 Å². The minimum atomic E-state index is -0.435. The van der Waals surface area contributed by atoms with Crippen LogP contribution in [-0.2, 0) is 6.54 Å². The summed E-state index contributed by atoms with van der Waals surface area (Å²) in [6.07, 6.45) is 0. The number of Topliss-reactive ketones (excluding diaryl/α,β-unsaturated/α-hetero) is 1. The number of benzene rings is 1. The van der Waals surface area contributed by atoms with Gasteiger partial charge < -0.3 is 4.74 Å². The first-order chi connectivity index (χ1) is 9.60. The average Bonchev–Trinajstić information content (AvgIpc) is 2.91. The van der Waals surface area contributed by atoms with Gasteiger partial charge in [-0.2, -0.15) is 0 Å². The molecule has 0 saturated heterocycles. The van der Waals surface area contributed by atoms with E-state index in [1.165, 1.54) is 30.2 Å². The number of carbonyl (C=O) groups excluding carboxylic acids is 1. The molecule has 0 N–H and O–H groups in total. The molecule has 1 aromatic heterocycles. The fourth-order valence-corrected chi connectivity index (χ4v) is 2.74. The first kappa shape index (κ1) is 14.7. The molecule has 0 unspecified atom stereocenters. The van der Waals surface area contributed by atoms with Crippen LogP contribution in [0.1, 0.15) is 15.2 Å². The Bertz CT molecular complexity index is 584. The fourth-order valence-electron chi connectivity index (χ4n) is 1.95. The summed E-state index contributed by atoms with van der Waals surface area (Å²) in [5, 5.41) is 2.00. The number of carbonyl (C=O) groups is 1. The number of ether oxygens (including phenoxy) is 1. The summed E-state index contributed by atoms with van der Waals surface area (Å²) >= 11 is 1.65. The number of nitrogens with zero attached hydrogens (tertiary/aromatic N) is 1. The Labute approximate surface area is 121 Å². The predicted octanol–water partition coefficient (Wildman–Crippen LogP) is 3.21. The van der Waals surface area contributed by atoms with Gasteiger partial charge >= 0.3 is 0 Å². The van der Waals surface area contributed by atoms with Gasteiger partial charge in [0.1, 0.15) is 11.6 Å². The van der Waals surface area contributed by atoms with Gasteiger partial charge in [0.15, 0.2) is 5.78 Å². The Morgan fingerprint density at radius 2 is 2.20 bits per heavy atom. The van der Waals surface area contributed by atoms with E-state index in [2.05, 4.69) is 0 Å². The maximum atomic E-state index is 13.3. The Morgan fingerprint density at radius 1 is 1.40 bits per heavy atom. The van der Waals surface area contributed by atoms with Crippen molar-refractivity contribution in [1.29, 1.82) is 0 Å². The van der Waals surface area contributed by atoms with E-state index < -0.39 is 5.82 Å². The third-order valence-electron chi connectivity index (χ3n) is 2.88. The quantitative estimate of drug-likeness (QED) is 0.766. The van der Waals surface area contributed by atoms with Crippen LogP contribution in [0.25, 0.3) is 0 Å². The van der Waals surface area contributed by atoms with E-state index in [0.29, 0.717) is 12.3 Å². The molecule has 0 saturated carbocycles. The second-order valence-electron chi connectivity index (χ2n) is 4.52. The molecule has 106 valence electrons. The number of hydrogen-bond acceptors (Lipinski definition) is 4. The van der Waals surface area contributed by atoms with Crippen molar-refractivity contribution in [2.45, 2.75) is 6.54 Å². The van der Waals surface area contributed by atoms with Crippen LogP contribution in [0.2, 0.25) is 0 Å². The average molecular weight is 293 g/mol. The molecule has 0 fully saturated rings. The van der Waals surface area contributed by atoms with E-state index in [4.69, 9.17) is 4.74 Å². The summed E-state index contributed by atoms with van der Waals surface area (Å²) in [6, 6.07) is 7.98. The Balaban J connectivity index is 2.06. The van der Waals surface area contributed by atoms with Gasteiger partial charge in [-0.25, -0.2) is 4.39 Å². The zero-order valence-corrected chi connectivity index (χ0v) is 12.2. The van der Waals surface area contributed by atoms with Gasteiger partial charge in [0.2, 0.25) is 0 Å². The number of ketones is 1. The first-order valence-electron chi connectivity index (χ1n) is 6.18. The molecule has 5 heteroatoms. The third kappa shape index (κ3) is 3.65. The lowest BCUT2D eigenvalue weighted by Crippen LogP contribution is -2.25. The lowest BCUT2D eigenvalue weighted by atomic mass is 10.1. The van der Waals surface area contributed by atoms with Crippen molar-refractivity contribution >= 4 is 17.1 Å². The maximum absolute atomic E-state index is 13.3. The van der Waals surface area contributed by atoms with E-state index in [0.717, 1.165) is 0 Å². The van der Waals surface area contributed by atoms with Crippen LogP contribution in [0, 0.1) is 5.82 Å². The molecular weight excluding hydrogens is 277 g/mol. The van der Waals surface area contributed by atoms with Gasteiger partial charge in [0, 0.05) is 11.4 Å². The highest BCUT2D eigenvalue weighted by Gasteiger charge is 2.15. The van der Waals surface area contributed by atoms with Gasteiger partial charge in [0.05, 0.1) is 19.2 Å². The molecular formula is C15H16FNO2S.